The van der Waals surface area contributed by atoms with Gasteiger partial charge in [-0.3, -0.25) is 0 Å². The Labute approximate surface area is 112 Å². The first-order chi connectivity index (χ1) is 8.36. The molecule has 0 aliphatic heterocycles. The lowest BCUT2D eigenvalue weighted by atomic mass is 9.79. The third-order valence-corrected chi connectivity index (χ3v) is 3.38. The maximum atomic E-state index is 11.3. The van der Waals surface area contributed by atoms with Crippen molar-refractivity contribution in [1.82, 2.24) is 0 Å². The predicted octanol–water partition coefficient (Wildman–Crippen LogP) is 4.51. The third kappa shape index (κ3) is 6.63. The molecule has 0 aromatic heterocycles. The van der Waals surface area contributed by atoms with Gasteiger partial charge in [0.05, 0.1) is 6.61 Å². The molecule has 2 heteroatoms. The van der Waals surface area contributed by atoms with Gasteiger partial charge in [-0.1, -0.05) is 52.3 Å². The maximum absolute atomic E-state index is 11.3. The summed E-state index contributed by atoms with van der Waals surface area (Å²) < 4.78 is 4.88. The van der Waals surface area contributed by atoms with Crippen LogP contribution in [0.4, 0.5) is 0 Å². The molecular formula is C16H28O2. The van der Waals surface area contributed by atoms with Gasteiger partial charge in [0.15, 0.2) is 0 Å². The number of allylic oxidation sites excluding steroid dienone is 2. The summed E-state index contributed by atoms with van der Waals surface area (Å²) in [6.45, 7) is 15.2. The van der Waals surface area contributed by atoms with Gasteiger partial charge in [-0.15, -0.1) is 0 Å². The van der Waals surface area contributed by atoms with Crippen LogP contribution in [0.5, 0.6) is 0 Å². The Morgan fingerprint density at radius 1 is 1.33 bits per heavy atom. The summed E-state index contributed by atoms with van der Waals surface area (Å²) in [6.07, 6.45) is 6.54. The van der Waals surface area contributed by atoms with E-state index in [1.54, 1.807) is 0 Å². The van der Waals surface area contributed by atoms with E-state index in [1.807, 2.05) is 13.0 Å². The average Bonchev–Trinajstić information content (AvgIpc) is 2.29. The number of carbonyl (C=O) groups is 1. The summed E-state index contributed by atoms with van der Waals surface area (Å²) >= 11 is 0. The van der Waals surface area contributed by atoms with Crippen molar-refractivity contribution >= 4 is 5.97 Å². The monoisotopic (exact) mass is 252 g/mol. The zero-order chi connectivity index (χ0) is 14.2. The maximum Gasteiger partial charge on any atom is 0.330 e. The second-order valence-electron chi connectivity index (χ2n) is 5.48. The number of esters is 1. The number of rotatable bonds is 8. The molecule has 0 rings (SSSR count). The zero-order valence-corrected chi connectivity index (χ0v) is 12.6. The van der Waals surface area contributed by atoms with Crippen LogP contribution >= 0.6 is 0 Å². The molecule has 0 aromatic rings. The van der Waals surface area contributed by atoms with E-state index in [9.17, 15) is 4.79 Å². The van der Waals surface area contributed by atoms with Crippen molar-refractivity contribution in [3.05, 3.63) is 24.3 Å². The molecule has 104 valence electrons. The van der Waals surface area contributed by atoms with Gasteiger partial charge in [0, 0.05) is 6.08 Å². The van der Waals surface area contributed by atoms with Gasteiger partial charge < -0.3 is 4.74 Å². The first kappa shape index (κ1) is 16.9. The molecule has 0 radical (unpaired) electrons. The van der Waals surface area contributed by atoms with E-state index in [-0.39, 0.29) is 17.3 Å². The third-order valence-electron chi connectivity index (χ3n) is 3.38. The lowest BCUT2D eigenvalue weighted by Gasteiger charge is -2.26. The van der Waals surface area contributed by atoms with Crippen LogP contribution in [0.15, 0.2) is 24.3 Å². The molecule has 0 aliphatic rings. The van der Waals surface area contributed by atoms with Crippen LogP contribution in [-0.4, -0.2) is 12.6 Å². The van der Waals surface area contributed by atoms with Gasteiger partial charge in [0.2, 0.25) is 0 Å². The Morgan fingerprint density at radius 2 is 1.94 bits per heavy atom. The molecule has 1 unspecified atom stereocenters. The standard InChI is InChI=1S/C16H28O2/c1-7-14(10-11-15(17)18-9-3)13(4)12-16(5,6)8-2/h10-11,14H,4,7-9,12H2,1-3,5-6H3/b11-10+. The minimum Gasteiger partial charge on any atom is -0.463 e. The Morgan fingerprint density at radius 3 is 2.39 bits per heavy atom. The first-order valence-electron chi connectivity index (χ1n) is 6.88. The molecule has 0 amide bonds. The van der Waals surface area contributed by atoms with E-state index in [1.165, 1.54) is 11.6 Å². The Balaban J connectivity index is 4.50. The summed E-state index contributed by atoms with van der Waals surface area (Å²) in [5.41, 5.74) is 1.48. The molecule has 0 heterocycles. The van der Waals surface area contributed by atoms with E-state index in [2.05, 4.69) is 34.3 Å². The highest BCUT2D eigenvalue weighted by Gasteiger charge is 2.19. The minimum atomic E-state index is -0.265. The molecule has 18 heavy (non-hydrogen) atoms. The minimum absolute atomic E-state index is 0.264. The normalized spacial score (nSPS) is 13.6. The topological polar surface area (TPSA) is 26.3 Å². The lowest BCUT2D eigenvalue weighted by molar-refractivity contribution is -0.137. The van der Waals surface area contributed by atoms with E-state index in [0.717, 1.165) is 19.3 Å². The van der Waals surface area contributed by atoms with Gasteiger partial charge in [0.25, 0.3) is 0 Å². The zero-order valence-electron chi connectivity index (χ0n) is 12.6. The van der Waals surface area contributed by atoms with Crippen LogP contribution < -0.4 is 0 Å². The molecule has 0 saturated carbocycles. The summed E-state index contributed by atoms with van der Waals surface area (Å²) in [4.78, 5) is 11.3. The molecule has 0 saturated heterocycles. The van der Waals surface area contributed by atoms with Gasteiger partial charge in [0.1, 0.15) is 0 Å². The number of hydrogen-bond acceptors (Lipinski definition) is 2. The van der Waals surface area contributed by atoms with Crippen molar-refractivity contribution in [3.8, 4) is 0 Å². The van der Waals surface area contributed by atoms with Crippen molar-refractivity contribution in [3.63, 3.8) is 0 Å². The van der Waals surface area contributed by atoms with E-state index < -0.39 is 0 Å². The SMILES string of the molecule is C=C(CC(C)(C)CC)C(/C=C/C(=O)OCC)CC. The fourth-order valence-electron chi connectivity index (χ4n) is 1.82. The molecule has 0 aromatic carbocycles. The summed E-state index contributed by atoms with van der Waals surface area (Å²) in [6, 6.07) is 0. The molecule has 1 atom stereocenters. The van der Waals surface area contributed by atoms with Crippen LogP contribution in [0.2, 0.25) is 0 Å². The van der Waals surface area contributed by atoms with Crippen LogP contribution in [0.1, 0.15) is 53.9 Å². The first-order valence-corrected chi connectivity index (χ1v) is 6.88. The van der Waals surface area contributed by atoms with Crippen molar-refractivity contribution in [2.75, 3.05) is 6.61 Å². The van der Waals surface area contributed by atoms with Gasteiger partial charge in [-0.2, -0.15) is 0 Å². The number of hydrogen-bond donors (Lipinski definition) is 0. The molecule has 2 nitrogen and oxygen atoms in total. The van der Waals surface area contributed by atoms with Crippen molar-refractivity contribution < 1.29 is 9.53 Å². The van der Waals surface area contributed by atoms with Gasteiger partial charge in [-0.25, -0.2) is 4.79 Å². The number of carbonyl (C=O) groups excluding carboxylic acids is 1. The fourth-order valence-corrected chi connectivity index (χ4v) is 1.82. The van der Waals surface area contributed by atoms with E-state index in [0.29, 0.717) is 6.61 Å². The average molecular weight is 252 g/mol. The molecule has 0 bridgehead atoms. The highest BCUT2D eigenvalue weighted by molar-refractivity contribution is 5.81. The Kier molecular flexibility index (Phi) is 7.65. The second-order valence-corrected chi connectivity index (χ2v) is 5.48. The van der Waals surface area contributed by atoms with Crippen LogP contribution in [0.3, 0.4) is 0 Å². The second kappa shape index (κ2) is 8.12. The highest BCUT2D eigenvalue weighted by Crippen LogP contribution is 2.32. The largest absolute Gasteiger partial charge is 0.463 e. The smallest absolute Gasteiger partial charge is 0.330 e. The molecular weight excluding hydrogens is 224 g/mol. The molecule has 0 spiro atoms. The van der Waals surface area contributed by atoms with E-state index >= 15 is 0 Å². The fraction of sp³-hybridized carbons (Fsp3) is 0.688. The van der Waals surface area contributed by atoms with Crippen molar-refractivity contribution in [2.24, 2.45) is 11.3 Å². The van der Waals surface area contributed by atoms with Crippen molar-refractivity contribution in [1.29, 1.82) is 0 Å². The van der Waals surface area contributed by atoms with Gasteiger partial charge >= 0.3 is 5.97 Å². The molecule has 0 N–H and O–H groups in total. The van der Waals surface area contributed by atoms with Crippen LogP contribution in [0.25, 0.3) is 0 Å². The summed E-state index contributed by atoms with van der Waals surface area (Å²) in [5, 5.41) is 0. The van der Waals surface area contributed by atoms with Crippen LogP contribution in [-0.2, 0) is 9.53 Å². The lowest BCUT2D eigenvalue weighted by Crippen LogP contribution is -2.14. The van der Waals surface area contributed by atoms with Crippen molar-refractivity contribution in [2.45, 2.75) is 53.9 Å². The van der Waals surface area contributed by atoms with E-state index in [4.69, 9.17) is 4.74 Å². The highest BCUT2D eigenvalue weighted by atomic mass is 16.5. The molecule has 0 aliphatic carbocycles. The predicted molar refractivity (Wildman–Crippen MR) is 77.4 cm³/mol. The Hall–Kier alpha value is -1.05. The summed E-state index contributed by atoms with van der Waals surface area (Å²) in [5.74, 6) is -0.00117. The summed E-state index contributed by atoms with van der Waals surface area (Å²) in [7, 11) is 0. The van der Waals surface area contributed by atoms with Crippen LogP contribution in [0, 0.1) is 11.3 Å². The number of ether oxygens (including phenoxy) is 1. The van der Waals surface area contributed by atoms with Gasteiger partial charge in [-0.05, 0) is 31.1 Å². The quantitative estimate of drug-likeness (QED) is 0.361. The Bertz CT molecular complexity index is 300. The molecule has 0 fully saturated rings.